The van der Waals surface area contributed by atoms with Gasteiger partial charge in [-0.3, -0.25) is 4.90 Å². The first-order chi connectivity index (χ1) is 8.24. The Morgan fingerprint density at radius 3 is 2.65 bits per heavy atom. The van der Waals surface area contributed by atoms with Gasteiger partial charge in [0.25, 0.3) is 0 Å². The second-order valence-electron chi connectivity index (χ2n) is 5.77. The molecule has 0 radical (unpaired) electrons. The van der Waals surface area contributed by atoms with Gasteiger partial charge in [-0.25, -0.2) is 0 Å². The van der Waals surface area contributed by atoms with Gasteiger partial charge in [0.15, 0.2) is 0 Å². The summed E-state index contributed by atoms with van der Waals surface area (Å²) in [6.45, 7) is 11.1. The molecule has 0 aromatic rings. The zero-order valence-corrected chi connectivity index (χ0v) is 11.5. The summed E-state index contributed by atoms with van der Waals surface area (Å²) in [5.74, 6) is 0.896. The van der Waals surface area contributed by atoms with Crippen molar-refractivity contribution in [2.24, 2.45) is 5.92 Å². The van der Waals surface area contributed by atoms with Gasteiger partial charge in [0.05, 0.1) is 0 Å². The van der Waals surface area contributed by atoms with Crippen molar-refractivity contribution in [2.45, 2.75) is 6.42 Å². The summed E-state index contributed by atoms with van der Waals surface area (Å²) in [7, 11) is 4.52. The van der Waals surface area contributed by atoms with E-state index in [9.17, 15) is 0 Å². The van der Waals surface area contributed by atoms with Crippen LogP contribution in [0.25, 0.3) is 0 Å². The molecule has 17 heavy (non-hydrogen) atoms. The van der Waals surface area contributed by atoms with Crippen molar-refractivity contribution in [3.63, 3.8) is 0 Å². The predicted octanol–water partition coefficient (Wildman–Crippen LogP) is -0.225. The summed E-state index contributed by atoms with van der Waals surface area (Å²) in [6, 6.07) is 0. The van der Waals surface area contributed by atoms with E-state index in [1.165, 1.54) is 52.2 Å². The van der Waals surface area contributed by atoms with Crippen LogP contribution in [0.1, 0.15) is 6.42 Å². The SMILES string of the molecule is CN1CCC(CN(C)CCN2CCNCC2)C1. The monoisotopic (exact) mass is 240 g/mol. The summed E-state index contributed by atoms with van der Waals surface area (Å²) in [5.41, 5.74) is 0. The van der Waals surface area contributed by atoms with E-state index in [0.29, 0.717) is 0 Å². The number of likely N-dealkylation sites (N-methyl/N-ethyl adjacent to an activating group) is 1. The summed E-state index contributed by atoms with van der Waals surface area (Å²) in [4.78, 5) is 7.55. The largest absolute Gasteiger partial charge is 0.314 e. The molecule has 2 saturated heterocycles. The Bertz CT molecular complexity index is 215. The van der Waals surface area contributed by atoms with Crippen molar-refractivity contribution in [1.29, 1.82) is 0 Å². The molecule has 2 aliphatic rings. The minimum Gasteiger partial charge on any atom is -0.314 e. The molecule has 2 rings (SSSR count). The highest BCUT2D eigenvalue weighted by molar-refractivity contribution is 4.76. The van der Waals surface area contributed by atoms with Crippen LogP contribution in [0, 0.1) is 5.92 Å². The van der Waals surface area contributed by atoms with E-state index in [2.05, 4.69) is 34.1 Å². The zero-order chi connectivity index (χ0) is 12.1. The Balaban J connectivity index is 1.58. The highest BCUT2D eigenvalue weighted by Crippen LogP contribution is 2.14. The fourth-order valence-electron chi connectivity index (χ4n) is 2.95. The third-order valence-corrected chi connectivity index (χ3v) is 4.07. The predicted molar refractivity (Wildman–Crippen MR) is 72.4 cm³/mol. The van der Waals surface area contributed by atoms with Gasteiger partial charge in [-0.2, -0.15) is 0 Å². The molecule has 1 N–H and O–H groups in total. The van der Waals surface area contributed by atoms with Crippen LogP contribution in [0.2, 0.25) is 0 Å². The minimum absolute atomic E-state index is 0.896. The molecule has 0 saturated carbocycles. The van der Waals surface area contributed by atoms with Crippen LogP contribution in [-0.4, -0.2) is 87.7 Å². The van der Waals surface area contributed by atoms with Crippen molar-refractivity contribution < 1.29 is 0 Å². The Morgan fingerprint density at radius 1 is 1.24 bits per heavy atom. The Morgan fingerprint density at radius 2 is 2.00 bits per heavy atom. The normalized spacial score (nSPS) is 28.1. The average molecular weight is 240 g/mol. The molecule has 0 aliphatic carbocycles. The van der Waals surface area contributed by atoms with Gasteiger partial charge < -0.3 is 15.1 Å². The summed E-state index contributed by atoms with van der Waals surface area (Å²) >= 11 is 0. The number of nitrogens with one attached hydrogen (secondary N) is 1. The number of hydrogen-bond acceptors (Lipinski definition) is 4. The molecule has 2 heterocycles. The van der Waals surface area contributed by atoms with E-state index < -0.39 is 0 Å². The quantitative estimate of drug-likeness (QED) is 0.717. The lowest BCUT2D eigenvalue weighted by Crippen LogP contribution is -2.46. The van der Waals surface area contributed by atoms with E-state index in [1.807, 2.05) is 0 Å². The van der Waals surface area contributed by atoms with Gasteiger partial charge in [-0.05, 0) is 33.0 Å². The van der Waals surface area contributed by atoms with Crippen molar-refractivity contribution in [2.75, 3.05) is 73.0 Å². The molecule has 1 unspecified atom stereocenters. The first kappa shape index (κ1) is 13.3. The standard InChI is InChI=1S/C13H28N4/c1-15-6-3-13(11-15)12-16(2)9-10-17-7-4-14-5-8-17/h13-14H,3-12H2,1-2H3. The molecule has 0 spiro atoms. The Labute approximate surface area is 106 Å². The van der Waals surface area contributed by atoms with E-state index in [1.54, 1.807) is 0 Å². The molecule has 4 heteroatoms. The maximum atomic E-state index is 3.41. The van der Waals surface area contributed by atoms with Gasteiger partial charge in [0, 0.05) is 52.4 Å². The molecule has 1 atom stereocenters. The van der Waals surface area contributed by atoms with E-state index in [-0.39, 0.29) is 0 Å². The topological polar surface area (TPSA) is 21.8 Å². The molecular formula is C13H28N4. The molecule has 0 bridgehead atoms. The lowest BCUT2D eigenvalue weighted by molar-refractivity contribution is 0.193. The molecule has 2 aliphatic heterocycles. The fourth-order valence-corrected chi connectivity index (χ4v) is 2.95. The van der Waals surface area contributed by atoms with Crippen LogP contribution in [-0.2, 0) is 0 Å². The van der Waals surface area contributed by atoms with Gasteiger partial charge in [-0.15, -0.1) is 0 Å². The van der Waals surface area contributed by atoms with Gasteiger partial charge in [0.1, 0.15) is 0 Å². The summed E-state index contributed by atoms with van der Waals surface area (Å²) in [6.07, 6.45) is 1.38. The second kappa shape index (κ2) is 6.69. The fraction of sp³-hybridized carbons (Fsp3) is 1.00. The van der Waals surface area contributed by atoms with Gasteiger partial charge in [0.2, 0.25) is 0 Å². The van der Waals surface area contributed by atoms with Crippen molar-refractivity contribution >= 4 is 0 Å². The third kappa shape index (κ3) is 4.54. The molecule has 4 nitrogen and oxygen atoms in total. The van der Waals surface area contributed by atoms with Crippen LogP contribution in [0.15, 0.2) is 0 Å². The number of hydrogen-bond donors (Lipinski definition) is 1. The van der Waals surface area contributed by atoms with E-state index in [4.69, 9.17) is 0 Å². The molecular weight excluding hydrogens is 212 g/mol. The van der Waals surface area contributed by atoms with Crippen molar-refractivity contribution in [3.8, 4) is 0 Å². The van der Waals surface area contributed by atoms with Crippen molar-refractivity contribution in [1.82, 2.24) is 20.0 Å². The maximum absolute atomic E-state index is 3.41. The maximum Gasteiger partial charge on any atom is 0.0110 e. The summed E-state index contributed by atoms with van der Waals surface area (Å²) in [5, 5.41) is 3.41. The second-order valence-corrected chi connectivity index (χ2v) is 5.77. The van der Waals surface area contributed by atoms with Crippen molar-refractivity contribution in [3.05, 3.63) is 0 Å². The Kier molecular flexibility index (Phi) is 5.22. The number of piperazine rings is 1. The molecule has 2 fully saturated rings. The van der Waals surface area contributed by atoms with Crippen LogP contribution in [0.5, 0.6) is 0 Å². The lowest BCUT2D eigenvalue weighted by Gasteiger charge is -2.29. The van der Waals surface area contributed by atoms with E-state index >= 15 is 0 Å². The molecule has 0 aromatic carbocycles. The zero-order valence-electron chi connectivity index (χ0n) is 11.5. The Hall–Kier alpha value is -0.160. The number of rotatable bonds is 5. The van der Waals surface area contributed by atoms with Crippen LogP contribution in [0.4, 0.5) is 0 Å². The van der Waals surface area contributed by atoms with Gasteiger partial charge in [-0.1, -0.05) is 0 Å². The highest BCUT2D eigenvalue weighted by Gasteiger charge is 2.20. The summed E-state index contributed by atoms with van der Waals surface area (Å²) < 4.78 is 0. The highest BCUT2D eigenvalue weighted by atomic mass is 15.2. The minimum atomic E-state index is 0.896. The number of likely N-dealkylation sites (tertiary alicyclic amines) is 1. The number of nitrogens with zero attached hydrogens (tertiary/aromatic N) is 3. The third-order valence-electron chi connectivity index (χ3n) is 4.07. The van der Waals surface area contributed by atoms with E-state index in [0.717, 1.165) is 19.0 Å². The van der Waals surface area contributed by atoms with Gasteiger partial charge >= 0.3 is 0 Å². The average Bonchev–Trinajstić information content (AvgIpc) is 2.73. The first-order valence-corrected chi connectivity index (χ1v) is 7.04. The van der Waals surface area contributed by atoms with Crippen LogP contribution < -0.4 is 5.32 Å². The molecule has 100 valence electrons. The smallest absolute Gasteiger partial charge is 0.0110 e. The lowest BCUT2D eigenvalue weighted by atomic mass is 10.1. The first-order valence-electron chi connectivity index (χ1n) is 7.04. The molecule has 0 amide bonds. The van der Waals surface area contributed by atoms with Crippen LogP contribution >= 0.6 is 0 Å². The van der Waals surface area contributed by atoms with Crippen LogP contribution in [0.3, 0.4) is 0 Å². The molecule has 0 aromatic heterocycles.